The third-order valence-corrected chi connectivity index (χ3v) is 12.7. The number of nitrogens with zero attached hydrogens (tertiary/aromatic N) is 3. The first-order valence-electron chi connectivity index (χ1n) is 13.6. The van der Waals surface area contributed by atoms with Gasteiger partial charge in [-0.05, 0) is 89.4 Å². The number of fused-ring (bicyclic) bond motifs is 1. The number of aliphatic hydroxyl groups is 1. The van der Waals surface area contributed by atoms with Gasteiger partial charge in [-0.25, -0.2) is 9.67 Å². The molecule has 1 N–H and O–H groups in total. The molecular weight excluding hydrogens is 509 g/mol. The van der Waals surface area contributed by atoms with Crippen molar-refractivity contribution in [2.75, 3.05) is 6.61 Å². The Kier molecular flexibility index (Phi) is 7.62. The van der Waals surface area contributed by atoms with Gasteiger partial charge in [0.15, 0.2) is 14.1 Å². The molecule has 0 bridgehead atoms. The van der Waals surface area contributed by atoms with Gasteiger partial charge < -0.3 is 23.6 Å². The quantitative estimate of drug-likeness (QED) is 0.374. The first-order chi connectivity index (χ1) is 17.8. The van der Waals surface area contributed by atoms with E-state index < -0.39 is 32.2 Å². The zero-order chi connectivity index (χ0) is 29.0. The number of pyridine rings is 1. The lowest BCUT2D eigenvalue weighted by molar-refractivity contribution is 0.00578. The van der Waals surface area contributed by atoms with Gasteiger partial charge in [0.25, 0.3) is 0 Å². The summed E-state index contributed by atoms with van der Waals surface area (Å²) in [5.41, 5.74) is 0.501. The SMILES string of the molecule is CC(C)(O)COc1cc(B2OC(C)(C)C(C)(C)O2)cc2c1cnn2-c1cccc(CO[Si](C)(C)C(C)(C)C)n1. The molecule has 0 unspecified atom stereocenters. The minimum Gasteiger partial charge on any atom is -0.490 e. The Labute approximate surface area is 234 Å². The lowest BCUT2D eigenvalue weighted by Gasteiger charge is -2.36. The molecule has 8 nitrogen and oxygen atoms in total. The topological polar surface area (TPSA) is 87.9 Å². The van der Waals surface area contributed by atoms with Crippen LogP contribution < -0.4 is 10.2 Å². The largest absolute Gasteiger partial charge is 0.495 e. The lowest BCUT2D eigenvalue weighted by Crippen LogP contribution is -2.41. The summed E-state index contributed by atoms with van der Waals surface area (Å²) in [7, 11) is -2.50. The maximum absolute atomic E-state index is 10.3. The van der Waals surface area contributed by atoms with E-state index in [9.17, 15) is 5.11 Å². The van der Waals surface area contributed by atoms with E-state index in [1.54, 1.807) is 24.7 Å². The van der Waals surface area contributed by atoms with E-state index in [4.69, 9.17) is 23.5 Å². The van der Waals surface area contributed by atoms with Crippen LogP contribution in [0.1, 0.15) is 68.0 Å². The molecule has 39 heavy (non-hydrogen) atoms. The van der Waals surface area contributed by atoms with E-state index in [1.165, 1.54) is 0 Å². The first kappa shape index (κ1) is 29.7. The van der Waals surface area contributed by atoms with Crippen LogP contribution in [0.4, 0.5) is 0 Å². The minimum atomic E-state index is -1.92. The second-order valence-electron chi connectivity index (χ2n) is 13.7. The highest BCUT2D eigenvalue weighted by atomic mass is 28.4. The van der Waals surface area contributed by atoms with Crippen molar-refractivity contribution in [3.63, 3.8) is 0 Å². The molecule has 1 saturated heterocycles. The van der Waals surface area contributed by atoms with Crippen LogP contribution in [0.15, 0.2) is 36.5 Å². The number of hydrogen-bond donors (Lipinski definition) is 1. The molecule has 0 saturated carbocycles. The van der Waals surface area contributed by atoms with Crippen molar-refractivity contribution < 1.29 is 23.6 Å². The molecule has 10 heteroatoms. The summed E-state index contributed by atoms with van der Waals surface area (Å²) in [5.74, 6) is 1.28. The van der Waals surface area contributed by atoms with Crippen molar-refractivity contribution in [2.45, 2.75) is 104 Å². The average Bonchev–Trinajstić information content (AvgIpc) is 3.32. The van der Waals surface area contributed by atoms with Crippen molar-refractivity contribution in [1.82, 2.24) is 14.8 Å². The van der Waals surface area contributed by atoms with Crippen molar-refractivity contribution in [1.29, 1.82) is 0 Å². The molecule has 0 aliphatic carbocycles. The van der Waals surface area contributed by atoms with E-state index in [1.807, 2.05) is 58.0 Å². The van der Waals surface area contributed by atoms with Crippen molar-refractivity contribution in [2.24, 2.45) is 0 Å². The van der Waals surface area contributed by atoms with Crippen LogP contribution in [0.5, 0.6) is 5.75 Å². The van der Waals surface area contributed by atoms with Crippen molar-refractivity contribution in [3.8, 4) is 11.6 Å². The Balaban J connectivity index is 1.74. The fourth-order valence-corrected chi connectivity index (χ4v) is 4.86. The molecule has 0 spiro atoms. The molecule has 4 rings (SSSR count). The van der Waals surface area contributed by atoms with Crippen molar-refractivity contribution in [3.05, 3.63) is 42.2 Å². The van der Waals surface area contributed by atoms with Gasteiger partial charge in [0, 0.05) is 0 Å². The van der Waals surface area contributed by atoms with E-state index in [2.05, 4.69) is 39.0 Å². The Morgan fingerprint density at radius 1 is 1.03 bits per heavy atom. The molecule has 1 aromatic carbocycles. The predicted octanol–water partition coefficient (Wildman–Crippen LogP) is 5.39. The molecule has 212 valence electrons. The van der Waals surface area contributed by atoms with Gasteiger partial charge in [0.1, 0.15) is 12.4 Å². The zero-order valence-corrected chi connectivity index (χ0v) is 26.4. The Morgan fingerprint density at radius 2 is 1.67 bits per heavy atom. The number of benzene rings is 1. The highest BCUT2D eigenvalue weighted by molar-refractivity contribution is 6.74. The fourth-order valence-electron chi connectivity index (χ4n) is 3.92. The van der Waals surface area contributed by atoms with Crippen LogP contribution in [0, 0.1) is 0 Å². The van der Waals surface area contributed by atoms with E-state index in [0.717, 1.165) is 22.1 Å². The first-order valence-corrected chi connectivity index (χ1v) is 16.5. The second kappa shape index (κ2) is 9.99. The molecule has 1 aliphatic rings. The summed E-state index contributed by atoms with van der Waals surface area (Å²) >= 11 is 0. The smallest absolute Gasteiger partial charge is 0.490 e. The molecule has 2 aromatic heterocycles. The normalized spacial score (nSPS) is 17.7. The maximum Gasteiger partial charge on any atom is 0.495 e. The van der Waals surface area contributed by atoms with E-state index in [-0.39, 0.29) is 11.6 Å². The Morgan fingerprint density at radius 3 is 2.26 bits per heavy atom. The average molecular weight is 554 g/mol. The predicted molar refractivity (Wildman–Crippen MR) is 158 cm³/mol. The van der Waals surface area contributed by atoms with Crippen LogP contribution in [-0.2, 0) is 20.3 Å². The number of hydrogen-bond acceptors (Lipinski definition) is 7. The molecular formula is C29H44BN3O5Si. The molecule has 3 aromatic rings. The van der Waals surface area contributed by atoms with Gasteiger partial charge in [-0.3, -0.25) is 0 Å². The van der Waals surface area contributed by atoms with Crippen LogP contribution in [-0.4, -0.2) is 58.7 Å². The standard InChI is InChI=1S/C29H44BN3O5Si/c1-26(2,3)39(10,11)36-18-21-13-12-14-25(32-21)33-23-15-20(30-37-28(6,7)29(8,9)38-30)16-24(22(23)17-31-33)35-19-27(4,5)34/h12-17,34H,18-19H2,1-11H3. The molecule has 0 atom stereocenters. The fraction of sp³-hybridized carbons (Fsp3) is 0.586. The number of aromatic nitrogens is 3. The zero-order valence-electron chi connectivity index (χ0n) is 25.4. The summed E-state index contributed by atoms with van der Waals surface area (Å²) in [6, 6.07) is 9.82. The Bertz CT molecular complexity index is 1320. The van der Waals surface area contributed by atoms with Gasteiger partial charge in [-0.2, -0.15) is 5.10 Å². The summed E-state index contributed by atoms with van der Waals surface area (Å²) in [5, 5.41) is 15.9. The number of rotatable bonds is 8. The van der Waals surface area contributed by atoms with Crippen LogP contribution in [0.3, 0.4) is 0 Å². The summed E-state index contributed by atoms with van der Waals surface area (Å²) < 4.78 is 27.0. The molecule has 0 amide bonds. The van der Waals surface area contributed by atoms with Gasteiger partial charge >= 0.3 is 7.12 Å². The van der Waals surface area contributed by atoms with Gasteiger partial charge in [0.2, 0.25) is 0 Å². The molecule has 1 aliphatic heterocycles. The maximum atomic E-state index is 10.3. The second-order valence-corrected chi connectivity index (χ2v) is 18.5. The van der Waals surface area contributed by atoms with E-state index >= 15 is 0 Å². The minimum absolute atomic E-state index is 0.117. The van der Waals surface area contributed by atoms with E-state index in [0.29, 0.717) is 18.2 Å². The highest BCUT2D eigenvalue weighted by Gasteiger charge is 2.52. The number of ether oxygens (including phenoxy) is 1. The summed E-state index contributed by atoms with van der Waals surface area (Å²) in [4.78, 5) is 4.89. The monoisotopic (exact) mass is 553 g/mol. The van der Waals surface area contributed by atoms with Crippen LogP contribution in [0.2, 0.25) is 18.1 Å². The van der Waals surface area contributed by atoms with Crippen molar-refractivity contribution >= 4 is 31.8 Å². The van der Waals surface area contributed by atoms with Gasteiger partial charge in [-0.1, -0.05) is 26.8 Å². The molecule has 3 heterocycles. The summed E-state index contributed by atoms with van der Waals surface area (Å²) in [6.45, 7) is 23.3. The summed E-state index contributed by atoms with van der Waals surface area (Å²) in [6.07, 6.45) is 1.77. The Hall–Kier alpha value is -2.24. The van der Waals surface area contributed by atoms with Crippen LogP contribution >= 0.6 is 0 Å². The third kappa shape index (κ3) is 6.25. The molecule has 0 radical (unpaired) electrons. The highest BCUT2D eigenvalue weighted by Crippen LogP contribution is 2.38. The van der Waals surface area contributed by atoms with Gasteiger partial charge in [-0.15, -0.1) is 0 Å². The third-order valence-electron chi connectivity index (χ3n) is 8.18. The molecule has 1 fully saturated rings. The lowest BCUT2D eigenvalue weighted by atomic mass is 9.78. The van der Waals surface area contributed by atoms with Crippen LogP contribution in [0.25, 0.3) is 16.7 Å². The van der Waals surface area contributed by atoms with Gasteiger partial charge in [0.05, 0.1) is 46.2 Å².